The summed E-state index contributed by atoms with van der Waals surface area (Å²) in [4.78, 5) is 1.10. The molecule has 0 bridgehead atoms. The Morgan fingerprint density at radius 3 is 2.47 bits per heavy atom. The highest BCUT2D eigenvalue weighted by Crippen LogP contribution is 2.48. The summed E-state index contributed by atoms with van der Waals surface area (Å²) in [5, 5.41) is 42.3. The van der Waals surface area contributed by atoms with Crippen molar-refractivity contribution < 1.29 is 34.6 Å². The quantitative estimate of drug-likeness (QED) is 0.456. The summed E-state index contributed by atoms with van der Waals surface area (Å²) in [6.07, 6.45) is -5.91. The number of aliphatic hydroxyl groups excluding tert-OH is 4. The lowest BCUT2D eigenvalue weighted by Gasteiger charge is -2.41. The standard InChI is InChI=1S/C23H23ClO7S/c24-17-12(8-13-7-11-3-1-2-4-16(11)32-13)9-14(22-23(17)30-6-5-29-22)21-20(28)19(27)18(26)15(10-25)31-21/h1-4,7,9,15,18-21,25-28H,5-6,8,10H2/t15-,18-,19+,20-,21+/m1/s1. The minimum atomic E-state index is -1.49. The molecule has 9 heteroatoms. The van der Waals surface area contributed by atoms with Crippen molar-refractivity contribution in [2.45, 2.75) is 36.9 Å². The predicted molar refractivity (Wildman–Crippen MR) is 120 cm³/mol. The normalized spacial score (nSPS) is 27.6. The molecule has 1 fully saturated rings. The molecule has 4 N–H and O–H groups in total. The van der Waals surface area contributed by atoms with Crippen LogP contribution in [0.25, 0.3) is 10.1 Å². The molecule has 5 atom stereocenters. The Bertz CT molecular complexity index is 1100. The Morgan fingerprint density at radius 1 is 0.969 bits per heavy atom. The zero-order valence-corrected chi connectivity index (χ0v) is 18.6. The molecule has 7 nitrogen and oxygen atoms in total. The molecule has 0 aliphatic carbocycles. The van der Waals surface area contributed by atoms with E-state index in [2.05, 4.69) is 18.2 Å². The molecule has 2 aromatic carbocycles. The largest absolute Gasteiger partial charge is 0.486 e. The van der Waals surface area contributed by atoms with Crippen LogP contribution in [0.4, 0.5) is 0 Å². The molecule has 3 aromatic rings. The lowest BCUT2D eigenvalue weighted by molar-refractivity contribution is -0.232. The van der Waals surface area contributed by atoms with Gasteiger partial charge in [0.1, 0.15) is 43.7 Å². The molecule has 0 unspecified atom stereocenters. The lowest BCUT2D eigenvalue weighted by atomic mass is 9.89. The van der Waals surface area contributed by atoms with Crippen LogP contribution in [0.15, 0.2) is 36.4 Å². The van der Waals surface area contributed by atoms with Crippen molar-refractivity contribution in [2.75, 3.05) is 19.8 Å². The number of hydrogen-bond donors (Lipinski definition) is 4. The van der Waals surface area contributed by atoms with Crippen LogP contribution >= 0.6 is 22.9 Å². The van der Waals surface area contributed by atoms with E-state index in [1.807, 2.05) is 12.1 Å². The second-order valence-electron chi connectivity index (χ2n) is 7.97. The van der Waals surface area contributed by atoms with Gasteiger partial charge < -0.3 is 34.6 Å². The molecular formula is C23H23ClO7S. The molecular weight excluding hydrogens is 456 g/mol. The molecule has 1 aromatic heterocycles. The lowest BCUT2D eigenvalue weighted by Crippen LogP contribution is -2.55. The molecule has 32 heavy (non-hydrogen) atoms. The summed E-state index contributed by atoms with van der Waals surface area (Å²) in [5.74, 6) is 0.703. The van der Waals surface area contributed by atoms with E-state index < -0.39 is 37.1 Å². The highest BCUT2D eigenvalue weighted by molar-refractivity contribution is 7.19. The van der Waals surface area contributed by atoms with Crippen LogP contribution < -0.4 is 9.47 Å². The van der Waals surface area contributed by atoms with E-state index in [1.165, 1.54) is 4.70 Å². The van der Waals surface area contributed by atoms with Gasteiger partial charge >= 0.3 is 0 Å². The molecule has 0 amide bonds. The van der Waals surface area contributed by atoms with E-state index in [0.717, 1.165) is 15.8 Å². The number of rotatable bonds is 4. The minimum absolute atomic E-state index is 0.295. The van der Waals surface area contributed by atoms with E-state index in [9.17, 15) is 20.4 Å². The zero-order chi connectivity index (χ0) is 22.4. The number of fused-ring (bicyclic) bond motifs is 2. The third kappa shape index (κ3) is 3.76. The van der Waals surface area contributed by atoms with Crippen LogP contribution in [0.5, 0.6) is 11.5 Å². The van der Waals surface area contributed by atoms with Gasteiger partial charge in [-0.2, -0.15) is 0 Å². The highest BCUT2D eigenvalue weighted by Gasteiger charge is 2.45. The first-order chi connectivity index (χ1) is 15.5. The maximum Gasteiger partial charge on any atom is 0.180 e. The summed E-state index contributed by atoms with van der Waals surface area (Å²) in [6.45, 7) is 0.111. The topological polar surface area (TPSA) is 109 Å². The number of hydrogen-bond acceptors (Lipinski definition) is 8. The van der Waals surface area contributed by atoms with Crippen LogP contribution in [0.2, 0.25) is 5.02 Å². The van der Waals surface area contributed by atoms with Crippen molar-refractivity contribution in [3.63, 3.8) is 0 Å². The first-order valence-corrected chi connectivity index (χ1v) is 11.6. The van der Waals surface area contributed by atoms with Gasteiger partial charge in [0.05, 0.1) is 11.6 Å². The van der Waals surface area contributed by atoms with Gasteiger partial charge in [-0.25, -0.2) is 0 Å². The van der Waals surface area contributed by atoms with Crippen LogP contribution in [0, 0.1) is 0 Å². The molecule has 1 saturated heterocycles. The maximum absolute atomic E-state index is 10.7. The summed E-state index contributed by atoms with van der Waals surface area (Å²) in [5.41, 5.74) is 1.21. The molecule has 2 aliphatic heterocycles. The molecule has 3 heterocycles. The van der Waals surface area contributed by atoms with Gasteiger partial charge in [0, 0.05) is 21.6 Å². The maximum atomic E-state index is 10.7. The van der Waals surface area contributed by atoms with Gasteiger partial charge in [-0.05, 0) is 29.1 Å². The fourth-order valence-corrected chi connectivity index (χ4v) is 5.62. The van der Waals surface area contributed by atoms with Gasteiger partial charge in [0.15, 0.2) is 11.5 Å². The van der Waals surface area contributed by atoms with Gasteiger partial charge in [0.2, 0.25) is 0 Å². The molecule has 0 saturated carbocycles. The molecule has 2 aliphatic rings. The van der Waals surface area contributed by atoms with E-state index in [1.54, 1.807) is 17.4 Å². The monoisotopic (exact) mass is 478 g/mol. The first-order valence-electron chi connectivity index (χ1n) is 10.4. The predicted octanol–water partition coefficient (Wildman–Crippen LogP) is 2.43. The average molecular weight is 479 g/mol. The smallest absolute Gasteiger partial charge is 0.180 e. The zero-order valence-electron chi connectivity index (χ0n) is 17.0. The Morgan fingerprint density at radius 2 is 1.72 bits per heavy atom. The SMILES string of the molecule is OC[C@H]1O[C@@H](c2cc(Cc3cc4ccccc4s3)c(Cl)c3c2OCCO3)[C@H](O)[C@@H](O)[C@@H]1O. The molecule has 0 radical (unpaired) electrons. The van der Waals surface area contributed by atoms with E-state index in [0.29, 0.717) is 41.7 Å². The summed E-state index contributed by atoms with van der Waals surface area (Å²) < 4.78 is 18.6. The number of thiophene rings is 1. The van der Waals surface area contributed by atoms with E-state index in [-0.39, 0.29) is 0 Å². The number of ether oxygens (including phenoxy) is 3. The fourth-order valence-electron chi connectivity index (χ4n) is 4.27. The van der Waals surface area contributed by atoms with Gasteiger partial charge in [0.25, 0.3) is 0 Å². The Kier molecular flexibility index (Phi) is 6.02. The summed E-state index contributed by atoms with van der Waals surface area (Å²) >= 11 is 8.36. The minimum Gasteiger partial charge on any atom is -0.486 e. The Labute approximate surface area is 193 Å². The molecule has 0 spiro atoms. The highest BCUT2D eigenvalue weighted by atomic mass is 35.5. The number of halogens is 1. The third-order valence-corrected chi connectivity index (χ3v) is 7.43. The van der Waals surface area contributed by atoms with Gasteiger partial charge in [-0.3, -0.25) is 0 Å². The van der Waals surface area contributed by atoms with Crippen LogP contribution in [0.1, 0.15) is 22.1 Å². The van der Waals surface area contributed by atoms with E-state index in [4.69, 9.17) is 25.8 Å². The van der Waals surface area contributed by atoms with Crippen LogP contribution in [-0.4, -0.2) is 64.7 Å². The third-order valence-electron chi connectivity index (χ3n) is 5.90. The van der Waals surface area contributed by atoms with Crippen LogP contribution in [0.3, 0.4) is 0 Å². The summed E-state index contributed by atoms with van der Waals surface area (Å²) in [6, 6.07) is 12.0. The first kappa shape index (κ1) is 21.9. The average Bonchev–Trinajstić information content (AvgIpc) is 3.22. The van der Waals surface area contributed by atoms with E-state index >= 15 is 0 Å². The van der Waals surface area contributed by atoms with Crippen LogP contribution in [-0.2, 0) is 11.2 Å². The molecule has 170 valence electrons. The Hall–Kier alpha value is -1.91. The molecule has 5 rings (SSSR count). The fraction of sp³-hybridized carbons (Fsp3) is 0.391. The van der Waals surface area contributed by atoms with Gasteiger partial charge in [-0.1, -0.05) is 29.8 Å². The Balaban J connectivity index is 1.58. The number of aliphatic hydroxyl groups is 4. The van der Waals surface area contributed by atoms with Crippen molar-refractivity contribution in [2.24, 2.45) is 0 Å². The van der Waals surface area contributed by atoms with Gasteiger partial charge in [-0.15, -0.1) is 11.3 Å². The second kappa shape index (κ2) is 8.79. The van der Waals surface area contributed by atoms with Crippen molar-refractivity contribution in [1.82, 2.24) is 0 Å². The van der Waals surface area contributed by atoms with Crippen molar-refractivity contribution in [1.29, 1.82) is 0 Å². The second-order valence-corrected chi connectivity index (χ2v) is 9.52. The van der Waals surface area contributed by atoms with Crippen molar-refractivity contribution in [3.05, 3.63) is 57.4 Å². The summed E-state index contributed by atoms with van der Waals surface area (Å²) in [7, 11) is 0. The van der Waals surface area contributed by atoms with Crippen molar-refractivity contribution in [3.8, 4) is 11.5 Å². The van der Waals surface area contributed by atoms with Crippen molar-refractivity contribution >= 4 is 33.0 Å². The number of benzene rings is 2.